The molecular weight excluding hydrogens is 190 g/mol. The zero-order valence-electron chi connectivity index (χ0n) is 9.06. The van der Waals surface area contributed by atoms with Crippen LogP contribution in [0.25, 0.3) is 10.9 Å². The Morgan fingerprint density at radius 3 is 2.87 bits per heavy atom. The molecule has 0 aliphatic heterocycles. The Morgan fingerprint density at radius 1 is 1.27 bits per heavy atom. The second-order valence-electron chi connectivity index (χ2n) is 3.33. The van der Waals surface area contributed by atoms with Crippen LogP contribution in [0.3, 0.4) is 0 Å². The van der Waals surface area contributed by atoms with Gasteiger partial charge in [0.2, 0.25) is 0 Å². The minimum Gasteiger partial charge on any atom is -0.497 e. The van der Waals surface area contributed by atoms with Crippen molar-refractivity contribution in [2.24, 2.45) is 0 Å². The van der Waals surface area contributed by atoms with E-state index in [-0.39, 0.29) is 0 Å². The Morgan fingerprint density at radius 2 is 2.13 bits per heavy atom. The second-order valence-corrected chi connectivity index (χ2v) is 3.33. The zero-order chi connectivity index (χ0) is 10.7. The van der Waals surface area contributed by atoms with E-state index in [4.69, 9.17) is 9.47 Å². The molecule has 0 saturated carbocycles. The minimum absolute atomic E-state index is 0.604. The highest BCUT2D eigenvalue weighted by Gasteiger charge is 2.01. The van der Waals surface area contributed by atoms with Gasteiger partial charge in [-0.3, -0.25) is 0 Å². The third-order valence-electron chi connectivity index (χ3n) is 2.41. The molecule has 2 aromatic rings. The molecule has 0 spiro atoms. The minimum atomic E-state index is 0.604. The van der Waals surface area contributed by atoms with Gasteiger partial charge in [-0.15, -0.1) is 0 Å². The van der Waals surface area contributed by atoms with Gasteiger partial charge < -0.3 is 14.0 Å². The van der Waals surface area contributed by atoms with Crippen LogP contribution in [0.5, 0.6) is 5.75 Å². The van der Waals surface area contributed by atoms with E-state index < -0.39 is 0 Å². The van der Waals surface area contributed by atoms with E-state index in [0.29, 0.717) is 6.73 Å². The second kappa shape index (κ2) is 4.36. The van der Waals surface area contributed by atoms with E-state index in [1.807, 2.05) is 31.3 Å². The summed E-state index contributed by atoms with van der Waals surface area (Å²) in [6.07, 6.45) is 2.03. The van der Waals surface area contributed by atoms with Crippen LogP contribution < -0.4 is 4.74 Å². The fourth-order valence-corrected chi connectivity index (χ4v) is 1.61. The number of rotatable bonds is 4. The quantitative estimate of drug-likeness (QED) is 0.766. The molecular formula is C12H15NO2. The lowest BCUT2D eigenvalue weighted by Crippen LogP contribution is -2.00. The molecule has 0 fully saturated rings. The molecule has 0 N–H and O–H groups in total. The molecule has 0 bridgehead atoms. The van der Waals surface area contributed by atoms with E-state index in [2.05, 4.69) is 10.6 Å². The van der Waals surface area contributed by atoms with Gasteiger partial charge in [0.1, 0.15) is 12.5 Å². The number of fused-ring (bicyclic) bond motifs is 1. The highest BCUT2D eigenvalue weighted by atomic mass is 16.5. The highest BCUT2D eigenvalue weighted by molar-refractivity contribution is 5.81. The highest BCUT2D eigenvalue weighted by Crippen LogP contribution is 2.21. The van der Waals surface area contributed by atoms with Crippen molar-refractivity contribution in [3.63, 3.8) is 0 Å². The maximum Gasteiger partial charge on any atom is 0.122 e. The van der Waals surface area contributed by atoms with Gasteiger partial charge in [-0.25, -0.2) is 0 Å². The van der Waals surface area contributed by atoms with Crippen molar-refractivity contribution in [2.75, 3.05) is 13.7 Å². The van der Waals surface area contributed by atoms with Crippen molar-refractivity contribution >= 4 is 10.9 Å². The number of hydrogen-bond donors (Lipinski definition) is 0. The molecule has 1 aromatic carbocycles. The van der Waals surface area contributed by atoms with E-state index in [1.54, 1.807) is 7.11 Å². The zero-order valence-corrected chi connectivity index (χ0v) is 9.06. The third kappa shape index (κ3) is 1.97. The van der Waals surface area contributed by atoms with E-state index in [0.717, 1.165) is 12.4 Å². The molecule has 0 radical (unpaired) electrons. The number of benzene rings is 1. The molecule has 0 aliphatic rings. The van der Waals surface area contributed by atoms with Crippen LogP contribution in [-0.4, -0.2) is 18.3 Å². The Labute approximate surface area is 89.2 Å². The maximum absolute atomic E-state index is 5.37. The molecule has 1 aromatic heterocycles. The molecule has 15 heavy (non-hydrogen) atoms. The van der Waals surface area contributed by atoms with Crippen molar-refractivity contribution in [3.05, 3.63) is 30.5 Å². The van der Waals surface area contributed by atoms with Crippen LogP contribution in [0.4, 0.5) is 0 Å². The number of hydrogen-bond acceptors (Lipinski definition) is 2. The molecule has 3 nitrogen and oxygen atoms in total. The van der Waals surface area contributed by atoms with Crippen molar-refractivity contribution in [1.29, 1.82) is 0 Å². The van der Waals surface area contributed by atoms with Crippen LogP contribution >= 0.6 is 0 Å². The summed E-state index contributed by atoms with van der Waals surface area (Å²) in [5.74, 6) is 0.886. The lowest BCUT2D eigenvalue weighted by molar-refractivity contribution is 0.0909. The average Bonchev–Trinajstić information content (AvgIpc) is 2.68. The van der Waals surface area contributed by atoms with Gasteiger partial charge in [0.15, 0.2) is 0 Å². The third-order valence-corrected chi connectivity index (χ3v) is 2.41. The Hall–Kier alpha value is -1.48. The predicted molar refractivity (Wildman–Crippen MR) is 60.1 cm³/mol. The molecule has 0 unspecified atom stereocenters. The topological polar surface area (TPSA) is 23.4 Å². The summed E-state index contributed by atoms with van der Waals surface area (Å²) in [7, 11) is 1.68. The number of aromatic nitrogens is 1. The number of ether oxygens (including phenoxy) is 2. The lowest BCUT2D eigenvalue weighted by Gasteiger charge is -2.05. The van der Waals surface area contributed by atoms with Crippen molar-refractivity contribution in [2.45, 2.75) is 13.7 Å². The Balaban J connectivity index is 2.34. The first-order chi connectivity index (χ1) is 7.35. The van der Waals surface area contributed by atoms with Crippen molar-refractivity contribution < 1.29 is 9.47 Å². The van der Waals surface area contributed by atoms with Gasteiger partial charge in [0.05, 0.1) is 12.6 Å². The summed E-state index contributed by atoms with van der Waals surface area (Å²) in [5, 5.41) is 1.18. The number of methoxy groups -OCH3 is 1. The SMILES string of the molecule is CCOCn1ccc2cc(OC)ccc21. The normalized spacial score (nSPS) is 10.8. The first-order valence-corrected chi connectivity index (χ1v) is 5.05. The Bertz CT molecular complexity index is 448. The number of nitrogens with zero attached hydrogens (tertiary/aromatic N) is 1. The van der Waals surface area contributed by atoms with Crippen LogP contribution in [-0.2, 0) is 11.5 Å². The van der Waals surface area contributed by atoms with Crippen molar-refractivity contribution in [1.82, 2.24) is 4.57 Å². The maximum atomic E-state index is 5.37. The summed E-state index contributed by atoms with van der Waals surface area (Å²) in [6.45, 7) is 3.33. The van der Waals surface area contributed by atoms with Gasteiger partial charge >= 0.3 is 0 Å². The summed E-state index contributed by atoms with van der Waals surface area (Å²) in [6, 6.07) is 8.10. The van der Waals surface area contributed by atoms with Gasteiger partial charge in [-0.2, -0.15) is 0 Å². The fraction of sp³-hybridized carbons (Fsp3) is 0.333. The lowest BCUT2D eigenvalue weighted by atomic mass is 10.2. The molecule has 0 saturated heterocycles. The summed E-state index contributed by atoms with van der Waals surface area (Å²) < 4.78 is 12.6. The molecule has 0 amide bonds. The molecule has 80 valence electrons. The fourth-order valence-electron chi connectivity index (χ4n) is 1.61. The monoisotopic (exact) mass is 205 g/mol. The molecule has 2 rings (SSSR count). The van der Waals surface area contributed by atoms with Crippen LogP contribution in [0.2, 0.25) is 0 Å². The molecule has 1 heterocycles. The smallest absolute Gasteiger partial charge is 0.122 e. The van der Waals surface area contributed by atoms with E-state index in [1.165, 1.54) is 10.9 Å². The van der Waals surface area contributed by atoms with Crippen LogP contribution in [0.1, 0.15) is 6.92 Å². The predicted octanol–water partition coefficient (Wildman–Crippen LogP) is 2.64. The van der Waals surface area contributed by atoms with Gasteiger partial charge in [-0.1, -0.05) is 0 Å². The van der Waals surface area contributed by atoms with E-state index >= 15 is 0 Å². The Kier molecular flexibility index (Phi) is 2.92. The van der Waals surface area contributed by atoms with Gasteiger partial charge in [-0.05, 0) is 31.2 Å². The largest absolute Gasteiger partial charge is 0.497 e. The first kappa shape index (κ1) is 10.1. The average molecular weight is 205 g/mol. The molecule has 3 heteroatoms. The summed E-state index contributed by atoms with van der Waals surface area (Å²) in [5.41, 5.74) is 1.17. The first-order valence-electron chi connectivity index (χ1n) is 5.05. The van der Waals surface area contributed by atoms with Crippen LogP contribution in [0.15, 0.2) is 30.5 Å². The summed E-state index contributed by atoms with van der Waals surface area (Å²) >= 11 is 0. The van der Waals surface area contributed by atoms with Crippen LogP contribution in [0, 0.1) is 0 Å². The standard InChI is InChI=1S/C12H15NO2/c1-3-15-9-13-7-6-10-8-11(14-2)4-5-12(10)13/h4-8H,3,9H2,1-2H3. The van der Waals surface area contributed by atoms with Gasteiger partial charge in [0.25, 0.3) is 0 Å². The van der Waals surface area contributed by atoms with E-state index in [9.17, 15) is 0 Å². The van der Waals surface area contributed by atoms with Crippen molar-refractivity contribution in [3.8, 4) is 5.75 Å². The molecule has 0 atom stereocenters. The van der Waals surface area contributed by atoms with Gasteiger partial charge in [0, 0.05) is 18.2 Å². The summed E-state index contributed by atoms with van der Waals surface area (Å²) in [4.78, 5) is 0. The molecule has 0 aliphatic carbocycles.